The molecule has 1 atom stereocenters. The van der Waals surface area contributed by atoms with Crippen LogP contribution >= 0.6 is 38.6 Å². The van der Waals surface area contributed by atoms with Gasteiger partial charge in [0.1, 0.15) is 10.7 Å². The highest BCUT2D eigenvalue weighted by atomic mass is 79.9. The first kappa shape index (κ1) is 13.1. The van der Waals surface area contributed by atoms with E-state index in [9.17, 15) is 5.11 Å². The van der Waals surface area contributed by atoms with E-state index in [1.54, 1.807) is 16.8 Å². The minimum absolute atomic E-state index is 0.0214. The van der Waals surface area contributed by atoms with Gasteiger partial charge in [-0.25, -0.2) is 9.97 Å². The van der Waals surface area contributed by atoms with Gasteiger partial charge in [-0.3, -0.25) is 0 Å². The standard InChI is InChI=1S/C11H13BrN2OS2/c1-11(2,3)10-14-6(4-16-10)7(15)8-9(12)13-5-17-8/h4-5,7,15H,1-3H3. The predicted molar refractivity (Wildman–Crippen MR) is 74.7 cm³/mol. The molecule has 0 radical (unpaired) electrons. The molecule has 1 N–H and O–H groups in total. The molecular formula is C11H13BrN2OS2. The van der Waals surface area contributed by atoms with E-state index in [0.717, 1.165) is 9.88 Å². The molecule has 0 aliphatic heterocycles. The molecule has 0 saturated heterocycles. The van der Waals surface area contributed by atoms with E-state index in [2.05, 4.69) is 46.7 Å². The van der Waals surface area contributed by atoms with Gasteiger partial charge in [0.15, 0.2) is 0 Å². The van der Waals surface area contributed by atoms with E-state index in [-0.39, 0.29) is 5.41 Å². The third kappa shape index (κ3) is 2.76. The first-order valence-corrected chi connectivity index (χ1v) is 7.67. The lowest BCUT2D eigenvalue weighted by atomic mass is 9.98. The Kier molecular flexibility index (Phi) is 3.68. The molecule has 2 heterocycles. The molecule has 2 aromatic heterocycles. The van der Waals surface area contributed by atoms with Crippen LogP contribution in [-0.2, 0) is 5.41 Å². The zero-order valence-corrected chi connectivity index (χ0v) is 13.0. The van der Waals surface area contributed by atoms with Crippen molar-refractivity contribution in [1.82, 2.24) is 9.97 Å². The smallest absolute Gasteiger partial charge is 0.134 e. The molecule has 0 aromatic carbocycles. The van der Waals surface area contributed by atoms with E-state index in [1.807, 2.05) is 5.38 Å². The molecule has 0 saturated carbocycles. The van der Waals surface area contributed by atoms with Gasteiger partial charge >= 0.3 is 0 Å². The van der Waals surface area contributed by atoms with Crippen molar-refractivity contribution in [3.05, 3.63) is 31.1 Å². The number of aliphatic hydroxyl groups is 1. The van der Waals surface area contributed by atoms with Crippen LogP contribution < -0.4 is 0 Å². The molecule has 92 valence electrons. The minimum Gasteiger partial charge on any atom is -0.381 e. The minimum atomic E-state index is -0.691. The molecule has 2 rings (SSSR count). The third-order valence-electron chi connectivity index (χ3n) is 2.24. The molecule has 6 heteroatoms. The fourth-order valence-corrected chi connectivity index (χ4v) is 3.64. The summed E-state index contributed by atoms with van der Waals surface area (Å²) in [5.74, 6) is 0. The topological polar surface area (TPSA) is 46.0 Å². The van der Waals surface area contributed by atoms with Crippen LogP contribution in [-0.4, -0.2) is 15.1 Å². The van der Waals surface area contributed by atoms with Crippen LogP contribution in [0.2, 0.25) is 0 Å². The number of rotatable bonds is 2. The summed E-state index contributed by atoms with van der Waals surface area (Å²) in [5, 5.41) is 13.2. The number of nitrogens with zero attached hydrogens (tertiary/aromatic N) is 2. The number of thiazole rings is 2. The Morgan fingerprint density at radius 1 is 1.35 bits per heavy atom. The van der Waals surface area contributed by atoms with E-state index in [1.165, 1.54) is 11.3 Å². The zero-order chi connectivity index (χ0) is 12.6. The highest BCUT2D eigenvalue weighted by Crippen LogP contribution is 2.34. The number of aliphatic hydroxyl groups excluding tert-OH is 1. The van der Waals surface area contributed by atoms with Crippen molar-refractivity contribution in [2.24, 2.45) is 0 Å². The van der Waals surface area contributed by atoms with Crippen molar-refractivity contribution >= 4 is 38.6 Å². The van der Waals surface area contributed by atoms with Crippen molar-refractivity contribution < 1.29 is 5.11 Å². The van der Waals surface area contributed by atoms with Gasteiger partial charge in [-0.2, -0.15) is 0 Å². The average Bonchev–Trinajstić information content (AvgIpc) is 2.83. The molecule has 1 unspecified atom stereocenters. The molecular weight excluding hydrogens is 320 g/mol. The Hall–Kier alpha value is -0.300. The summed E-state index contributed by atoms with van der Waals surface area (Å²) < 4.78 is 0.695. The lowest BCUT2D eigenvalue weighted by Gasteiger charge is -2.14. The van der Waals surface area contributed by atoms with Gasteiger partial charge in [-0.05, 0) is 15.9 Å². The maximum absolute atomic E-state index is 10.2. The molecule has 3 nitrogen and oxygen atoms in total. The maximum atomic E-state index is 10.2. The van der Waals surface area contributed by atoms with Crippen molar-refractivity contribution in [1.29, 1.82) is 0 Å². The first-order chi connectivity index (χ1) is 7.89. The number of halogens is 1. The Bertz CT molecular complexity index is 516. The summed E-state index contributed by atoms with van der Waals surface area (Å²) in [5.41, 5.74) is 2.43. The third-order valence-corrected chi connectivity index (χ3v) is 5.30. The van der Waals surface area contributed by atoms with Gasteiger partial charge < -0.3 is 5.11 Å². The van der Waals surface area contributed by atoms with Crippen molar-refractivity contribution in [2.45, 2.75) is 32.3 Å². The maximum Gasteiger partial charge on any atom is 0.134 e. The summed E-state index contributed by atoms with van der Waals surface area (Å²) in [6, 6.07) is 0. The number of aromatic nitrogens is 2. The average molecular weight is 333 g/mol. The van der Waals surface area contributed by atoms with Crippen molar-refractivity contribution in [2.75, 3.05) is 0 Å². The van der Waals surface area contributed by atoms with Crippen LogP contribution in [0.25, 0.3) is 0 Å². The highest BCUT2D eigenvalue weighted by molar-refractivity contribution is 9.10. The largest absolute Gasteiger partial charge is 0.381 e. The SMILES string of the molecule is CC(C)(C)c1nc(C(O)c2scnc2Br)cs1. The molecule has 0 aliphatic carbocycles. The van der Waals surface area contributed by atoms with E-state index < -0.39 is 6.10 Å². The summed E-state index contributed by atoms with van der Waals surface area (Å²) in [6.45, 7) is 6.35. The summed E-state index contributed by atoms with van der Waals surface area (Å²) in [4.78, 5) is 9.38. The zero-order valence-electron chi connectivity index (χ0n) is 9.77. The molecule has 17 heavy (non-hydrogen) atoms. The Morgan fingerprint density at radius 3 is 2.53 bits per heavy atom. The second-order valence-electron chi connectivity index (χ2n) is 4.74. The van der Waals surface area contributed by atoms with Crippen LogP contribution in [0.4, 0.5) is 0 Å². The van der Waals surface area contributed by atoms with Gasteiger partial charge in [0.2, 0.25) is 0 Å². The second-order valence-corrected chi connectivity index (χ2v) is 7.23. The molecule has 0 fully saturated rings. The van der Waals surface area contributed by atoms with Crippen molar-refractivity contribution in [3.63, 3.8) is 0 Å². The Balaban J connectivity index is 2.30. The van der Waals surface area contributed by atoms with E-state index in [4.69, 9.17) is 0 Å². The van der Waals surface area contributed by atoms with Crippen molar-refractivity contribution in [3.8, 4) is 0 Å². The van der Waals surface area contributed by atoms with Gasteiger partial charge in [-0.15, -0.1) is 22.7 Å². The fraction of sp³-hybridized carbons (Fsp3) is 0.455. The monoisotopic (exact) mass is 332 g/mol. The van der Waals surface area contributed by atoms with Gasteiger partial charge in [0.25, 0.3) is 0 Å². The van der Waals surface area contributed by atoms with Gasteiger partial charge in [0.05, 0.1) is 21.1 Å². The Morgan fingerprint density at radius 2 is 2.06 bits per heavy atom. The molecule has 0 aliphatic rings. The highest BCUT2D eigenvalue weighted by Gasteiger charge is 2.23. The van der Waals surface area contributed by atoms with Gasteiger partial charge in [0, 0.05) is 10.8 Å². The molecule has 0 spiro atoms. The fourth-order valence-electron chi connectivity index (χ4n) is 1.31. The molecule has 0 amide bonds. The van der Waals surface area contributed by atoms with E-state index in [0.29, 0.717) is 10.3 Å². The number of hydrogen-bond donors (Lipinski definition) is 1. The van der Waals surface area contributed by atoms with Crippen LogP contribution in [0.5, 0.6) is 0 Å². The normalized spacial score (nSPS) is 13.9. The Labute approximate surface area is 117 Å². The lowest BCUT2D eigenvalue weighted by molar-refractivity contribution is 0.218. The van der Waals surface area contributed by atoms with Crippen LogP contribution in [0.1, 0.15) is 42.5 Å². The lowest BCUT2D eigenvalue weighted by Crippen LogP contribution is -2.11. The summed E-state index contributed by atoms with van der Waals surface area (Å²) >= 11 is 6.34. The predicted octanol–water partition coefficient (Wildman–Crippen LogP) is 3.74. The first-order valence-electron chi connectivity index (χ1n) is 5.12. The van der Waals surface area contributed by atoms with Crippen LogP contribution in [0.15, 0.2) is 15.5 Å². The summed E-state index contributed by atoms with van der Waals surface area (Å²) in [6.07, 6.45) is -0.691. The molecule has 0 bridgehead atoms. The van der Waals surface area contributed by atoms with Crippen LogP contribution in [0.3, 0.4) is 0 Å². The second kappa shape index (κ2) is 4.76. The quantitative estimate of drug-likeness (QED) is 0.911. The molecule has 2 aromatic rings. The van der Waals surface area contributed by atoms with Gasteiger partial charge in [-0.1, -0.05) is 20.8 Å². The number of hydrogen-bond acceptors (Lipinski definition) is 5. The summed E-state index contributed by atoms with van der Waals surface area (Å²) in [7, 11) is 0. The van der Waals surface area contributed by atoms with Crippen LogP contribution in [0, 0.1) is 0 Å². The van der Waals surface area contributed by atoms with E-state index >= 15 is 0 Å².